The summed E-state index contributed by atoms with van der Waals surface area (Å²) in [5.74, 6) is -0.508. The van der Waals surface area contributed by atoms with Crippen molar-refractivity contribution in [3.63, 3.8) is 0 Å². The van der Waals surface area contributed by atoms with Crippen molar-refractivity contribution in [1.82, 2.24) is 0 Å². The zero-order chi connectivity index (χ0) is 43.8. The molecule has 0 aliphatic rings. The van der Waals surface area contributed by atoms with Crippen LogP contribution in [0.4, 0.5) is 0 Å². The molecule has 0 aliphatic heterocycles. The van der Waals surface area contributed by atoms with Gasteiger partial charge in [-0.3, -0.25) is 0 Å². The third-order valence-corrected chi connectivity index (χ3v) is 13.9. The van der Waals surface area contributed by atoms with E-state index in [0.29, 0.717) is 16.5 Å². The minimum atomic E-state index is -0.877. The number of carbonyl (C=O) groups is 2. The molecule has 0 saturated carbocycles. The molecule has 0 amide bonds. The molecule has 61 heavy (non-hydrogen) atoms. The van der Waals surface area contributed by atoms with Gasteiger partial charge < -0.3 is 31.4 Å². The molecule has 0 heterocycles. The first kappa shape index (κ1) is 54.2. The smallest absolute Gasteiger partial charge is 0.333 e. The Hall–Kier alpha value is -4.77. The highest BCUT2D eigenvalue weighted by atomic mass is 79.9. The van der Waals surface area contributed by atoms with Gasteiger partial charge in [-0.1, -0.05) is 181 Å². The zero-order valence-corrected chi connectivity index (χ0v) is 41.3. The second-order valence-corrected chi connectivity index (χ2v) is 18.0. The number of methoxy groups -OCH3 is 2. The van der Waals surface area contributed by atoms with Gasteiger partial charge >= 0.3 is 11.9 Å². The van der Waals surface area contributed by atoms with Gasteiger partial charge in [0.2, 0.25) is 0 Å². The number of hydrogen-bond donors (Lipinski definition) is 0. The Bertz CT molecular complexity index is 1780. The van der Waals surface area contributed by atoms with Crippen LogP contribution < -0.4 is 48.8 Å². The van der Waals surface area contributed by atoms with E-state index in [0.717, 1.165) is 6.42 Å². The van der Waals surface area contributed by atoms with Gasteiger partial charge in [0.05, 0.1) is 22.1 Å². The summed E-state index contributed by atoms with van der Waals surface area (Å²) < 4.78 is 8.89. The monoisotopic (exact) mass is 981 g/mol. The topological polar surface area (TPSA) is 65.0 Å². The molecule has 0 bridgehead atoms. The van der Waals surface area contributed by atoms with Gasteiger partial charge in [-0.2, -0.15) is 0 Å². The number of benzene rings is 6. The molecule has 0 aliphatic carbocycles. The maximum Gasteiger partial charge on any atom is 0.333 e. The molecule has 0 radical (unpaired) electrons. The molecule has 0 saturated heterocycles. The van der Waals surface area contributed by atoms with Crippen molar-refractivity contribution in [2.75, 3.05) is 26.6 Å². The molecule has 0 unspecified atom stereocenters. The molecule has 6 rings (SSSR count). The van der Waals surface area contributed by atoms with Crippen LogP contribution in [0.1, 0.15) is 34.1 Å². The van der Waals surface area contributed by atoms with Gasteiger partial charge in [-0.25, -0.2) is 9.59 Å². The lowest BCUT2D eigenvalue weighted by Crippen LogP contribution is -3.00. The van der Waals surface area contributed by atoms with Crippen molar-refractivity contribution < 1.29 is 36.0 Å². The quantitative estimate of drug-likeness (QED) is 0.0474. The van der Waals surface area contributed by atoms with E-state index in [1.807, 2.05) is 19.9 Å². The summed E-state index contributed by atoms with van der Waals surface area (Å²) >= 11 is 3.16. The van der Waals surface area contributed by atoms with E-state index in [1.165, 1.54) is 46.0 Å². The summed E-state index contributed by atoms with van der Waals surface area (Å²) in [7, 11) is 3.18. The number of ether oxygens (including phenoxy) is 2. The maximum absolute atomic E-state index is 10.6. The van der Waals surface area contributed by atoms with E-state index >= 15 is 0 Å². The largest absolute Gasteiger partial charge is 1.00 e. The summed E-state index contributed by atoms with van der Waals surface area (Å²) in [6.45, 7) is 7.33. The first-order valence-corrected chi connectivity index (χ1v) is 23.6. The summed E-state index contributed by atoms with van der Waals surface area (Å²) in [5, 5.41) is 9.19. The third-order valence-electron chi connectivity index (χ3n) is 8.40. The lowest BCUT2D eigenvalue weighted by Gasteiger charge is -2.18. The Morgan fingerprint density at radius 1 is 0.557 bits per heavy atom. The lowest BCUT2D eigenvalue weighted by atomic mass is 10.2. The number of allylic oxidation sites excluding steroid dienone is 2. The minimum absolute atomic E-state index is 0. The number of esters is 2. The van der Waals surface area contributed by atoms with Gasteiger partial charge in [-0.15, -0.1) is 0 Å². The predicted molar refractivity (Wildman–Crippen MR) is 267 cm³/mol. The first-order valence-electron chi connectivity index (χ1n) is 19.7. The van der Waals surface area contributed by atoms with Crippen molar-refractivity contribution in [2.24, 2.45) is 4.99 Å². The molecular weight excluding hydrogens is 924 g/mol. The standard InChI is InChI=1S/2C18H15P.C7H12O2.C6H9BrO2.C3H7N.BrH/c2*1-4-10-16(11-5-1)19(17-12-6-2-7-13-17)18-14-8-3-9-15-18;1-4-5-6(2)7(8)9-3;1-5(3-4-7)6(8)9-2;1-3-4-2;/h2*1-15H;5H,4H2,1-3H3;3H,4H2,1-2H3;3H,1-2H3;1H/b;;6-5+;5-3+;;. The van der Waals surface area contributed by atoms with Gasteiger partial charge in [0, 0.05) is 23.5 Å². The van der Waals surface area contributed by atoms with E-state index in [-0.39, 0.29) is 28.9 Å². The van der Waals surface area contributed by atoms with Gasteiger partial charge in [-0.05, 0) is 93.6 Å². The average Bonchev–Trinajstić information content (AvgIpc) is 3.31. The molecule has 0 fully saturated rings. The normalized spacial score (nSPS) is 10.5. The Labute approximate surface area is 386 Å². The third kappa shape index (κ3) is 21.0. The highest BCUT2D eigenvalue weighted by Gasteiger charge is 2.24. The molecule has 6 aromatic carbocycles. The van der Waals surface area contributed by atoms with Crippen molar-refractivity contribution in [3.8, 4) is 0 Å². The van der Waals surface area contributed by atoms with Gasteiger partial charge in [0.1, 0.15) is 15.9 Å². The van der Waals surface area contributed by atoms with Crippen LogP contribution in [0.2, 0.25) is 0 Å². The van der Waals surface area contributed by atoms with Crippen LogP contribution >= 0.6 is 31.8 Å². The molecule has 0 spiro atoms. The van der Waals surface area contributed by atoms with E-state index in [4.69, 9.17) is 0 Å². The summed E-state index contributed by atoms with van der Waals surface area (Å²) in [6, 6.07) is 64.8. The number of hydrogen-bond acceptors (Lipinski definition) is 5. The van der Waals surface area contributed by atoms with Crippen molar-refractivity contribution >= 4 is 81.8 Å². The van der Waals surface area contributed by atoms with Crippen LogP contribution in [0.15, 0.2) is 210 Å². The van der Waals surface area contributed by atoms with Crippen LogP contribution in [-0.2, 0) is 19.1 Å². The average molecular weight is 984 g/mol. The number of aliphatic imine (C=N–C) groups is 1. The Balaban J connectivity index is 0.000000415. The van der Waals surface area contributed by atoms with Crippen molar-refractivity contribution in [1.29, 1.82) is 0 Å². The second kappa shape index (κ2) is 33.9. The van der Waals surface area contributed by atoms with Gasteiger partial charge in [0.15, 0.2) is 0 Å². The predicted octanol–water partition coefficient (Wildman–Crippen LogP) is 7.35. The van der Waals surface area contributed by atoms with Crippen LogP contribution in [-0.4, -0.2) is 44.8 Å². The van der Waals surface area contributed by atoms with Crippen molar-refractivity contribution in [3.05, 3.63) is 205 Å². The number of halogens is 2. The van der Waals surface area contributed by atoms with Crippen LogP contribution in [0.5, 0.6) is 0 Å². The number of carbonyl (C=O) groups excluding carboxylic acids is 2. The molecule has 0 aromatic heterocycles. The summed E-state index contributed by atoms with van der Waals surface area (Å²) in [6.07, 6.45) is 6.22. The van der Waals surface area contributed by atoms with E-state index in [2.05, 4.69) is 212 Å². The molecule has 6 aromatic rings. The fraction of sp³-hybridized carbons (Fsp3) is 0.173. The summed E-state index contributed by atoms with van der Waals surface area (Å²) in [4.78, 5) is 24.8. The molecule has 9 heteroatoms. The Morgan fingerprint density at radius 2 is 0.820 bits per heavy atom. The zero-order valence-electron chi connectivity index (χ0n) is 36.3. The minimum Gasteiger partial charge on any atom is -1.00 e. The van der Waals surface area contributed by atoms with E-state index in [9.17, 15) is 9.59 Å². The maximum atomic E-state index is 10.6. The first-order chi connectivity index (χ1) is 29.3. The number of alkyl halides is 1. The Morgan fingerprint density at radius 3 is 1.05 bits per heavy atom. The van der Waals surface area contributed by atoms with Crippen LogP contribution in [0, 0.1) is 0 Å². The Kier molecular flexibility index (Phi) is 30.1. The van der Waals surface area contributed by atoms with Crippen molar-refractivity contribution in [2.45, 2.75) is 34.1 Å². The fourth-order valence-electron chi connectivity index (χ4n) is 5.40. The number of nitrogens with zero attached hydrogens (tertiary/aromatic N) is 1. The highest BCUT2D eigenvalue weighted by molar-refractivity contribution is 9.09. The van der Waals surface area contributed by atoms with Crippen LogP contribution in [0.3, 0.4) is 0 Å². The van der Waals surface area contributed by atoms with Gasteiger partial charge in [0.25, 0.3) is 0 Å². The van der Waals surface area contributed by atoms with E-state index < -0.39 is 15.8 Å². The second-order valence-electron chi connectivity index (χ2n) is 12.7. The molecular formula is C52H59Br2NO4P2. The molecule has 0 N–H and O–H groups in total. The highest BCUT2D eigenvalue weighted by Crippen LogP contribution is 2.33. The summed E-state index contributed by atoms with van der Waals surface area (Å²) in [5.41, 5.74) is 1.31. The molecule has 0 atom stereocenters. The van der Waals surface area contributed by atoms with Crippen LogP contribution in [0.25, 0.3) is 0 Å². The van der Waals surface area contributed by atoms with E-state index in [1.54, 1.807) is 33.2 Å². The lowest BCUT2D eigenvalue weighted by molar-refractivity contribution is -0.136. The molecule has 5 nitrogen and oxygen atoms in total. The SMILES string of the molecule is CC/C=C(\C)C(=O)OC.CC=NC.COC(=O)/C(C)=C/CBr.[Br-].c1ccc(P(c2ccccc2)c2ccccc2)cc1.c1ccc([PH+](c2ccccc2)c2ccccc2)cc1. The fourth-order valence-corrected chi connectivity index (χ4v) is 10.8. The number of rotatable bonds is 10. The molecule has 320 valence electrons.